The molecule has 1 amide bonds. The van der Waals surface area contributed by atoms with Gasteiger partial charge in [0.1, 0.15) is 5.69 Å². The van der Waals surface area contributed by atoms with Gasteiger partial charge in [-0.05, 0) is 18.6 Å². The van der Waals surface area contributed by atoms with E-state index in [1.807, 2.05) is 0 Å². The molecule has 13 heavy (non-hydrogen) atoms. The Hall–Kier alpha value is -1.35. The standard InChI is InChI=1S/C9H9ClN2O/c1-5(2)7-6(10)3-4-12-8(7)9(11)13/h3-4H,1H2,2H3,(H2,11,13). The molecule has 4 heteroatoms. The zero-order valence-electron chi connectivity index (χ0n) is 7.17. The van der Waals surface area contributed by atoms with Crippen molar-refractivity contribution in [1.82, 2.24) is 4.98 Å². The number of carbonyl (C=O) groups is 1. The lowest BCUT2D eigenvalue weighted by Crippen LogP contribution is -2.15. The first-order valence-electron chi connectivity index (χ1n) is 3.64. The van der Waals surface area contributed by atoms with Gasteiger partial charge in [0, 0.05) is 11.8 Å². The Morgan fingerprint density at radius 3 is 2.69 bits per heavy atom. The van der Waals surface area contributed by atoms with Crippen molar-refractivity contribution in [3.05, 3.63) is 35.1 Å². The molecule has 0 atom stereocenters. The molecule has 0 fully saturated rings. The van der Waals surface area contributed by atoms with Crippen LogP contribution in [0, 0.1) is 0 Å². The van der Waals surface area contributed by atoms with E-state index >= 15 is 0 Å². The van der Waals surface area contributed by atoms with E-state index in [9.17, 15) is 4.79 Å². The molecule has 0 radical (unpaired) electrons. The predicted octanol–water partition coefficient (Wildman–Crippen LogP) is 1.87. The number of rotatable bonds is 2. The molecule has 0 aliphatic rings. The Bertz CT molecular complexity index is 374. The van der Waals surface area contributed by atoms with Crippen LogP contribution in [0.3, 0.4) is 0 Å². The average Bonchev–Trinajstić information content (AvgIpc) is 2.02. The highest BCUT2D eigenvalue weighted by atomic mass is 35.5. The van der Waals surface area contributed by atoms with Crippen LogP contribution < -0.4 is 5.73 Å². The number of aromatic nitrogens is 1. The number of nitrogens with zero attached hydrogens (tertiary/aromatic N) is 1. The van der Waals surface area contributed by atoms with Gasteiger partial charge >= 0.3 is 0 Å². The van der Waals surface area contributed by atoms with Gasteiger partial charge in [0.2, 0.25) is 0 Å². The van der Waals surface area contributed by atoms with Crippen molar-refractivity contribution >= 4 is 23.1 Å². The summed E-state index contributed by atoms with van der Waals surface area (Å²) < 4.78 is 0. The summed E-state index contributed by atoms with van der Waals surface area (Å²) in [6.07, 6.45) is 1.44. The highest BCUT2D eigenvalue weighted by Gasteiger charge is 2.12. The van der Waals surface area contributed by atoms with Crippen LogP contribution in [-0.2, 0) is 0 Å². The molecular weight excluding hydrogens is 188 g/mol. The quantitative estimate of drug-likeness (QED) is 0.785. The molecule has 0 aromatic carbocycles. The fourth-order valence-electron chi connectivity index (χ4n) is 1.03. The lowest BCUT2D eigenvalue weighted by Gasteiger charge is -2.06. The van der Waals surface area contributed by atoms with Crippen molar-refractivity contribution in [3.63, 3.8) is 0 Å². The monoisotopic (exact) mass is 196 g/mol. The van der Waals surface area contributed by atoms with E-state index in [1.54, 1.807) is 13.0 Å². The van der Waals surface area contributed by atoms with E-state index in [4.69, 9.17) is 17.3 Å². The molecule has 0 bridgehead atoms. The Labute approximate surface area is 81.2 Å². The number of amides is 1. The summed E-state index contributed by atoms with van der Waals surface area (Å²) in [6, 6.07) is 1.60. The first-order chi connectivity index (χ1) is 6.04. The molecule has 0 saturated carbocycles. The number of carbonyl (C=O) groups excluding carboxylic acids is 1. The van der Waals surface area contributed by atoms with Gasteiger partial charge in [-0.1, -0.05) is 18.2 Å². The molecule has 0 unspecified atom stereocenters. The molecule has 1 rings (SSSR count). The number of allylic oxidation sites excluding steroid dienone is 1. The van der Waals surface area contributed by atoms with E-state index in [1.165, 1.54) is 6.20 Å². The van der Waals surface area contributed by atoms with E-state index in [0.717, 1.165) is 0 Å². The third-order valence-corrected chi connectivity index (χ3v) is 1.88. The summed E-state index contributed by atoms with van der Waals surface area (Å²) in [7, 11) is 0. The second-order valence-corrected chi connectivity index (χ2v) is 3.07. The van der Waals surface area contributed by atoms with Crippen molar-refractivity contribution < 1.29 is 4.79 Å². The third-order valence-electron chi connectivity index (χ3n) is 1.56. The molecule has 2 N–H and O–H groups in total. The van der Waals surface area contributed by atoms with Crippen LogP contribution in [0.5, 0.6) is 0 Å². The van der Waals surface area contributed by atoms with Crippen LogP contribution in [0.1, 0.15) is 23.0 Å². The Morgan fingerprint density at radius 1 is 1.69 bits per heavy atom. The smallest absolute Gasteiger partial charge is 0.267 e. The highest BCUT2D eigenvalue weighted by molar-refractivity contribution is 6.32. The van der Waals surface area contributed by atoms with Gasteiger partial charge in [0.25, 0.3) is 5.91 Å². The van der Waals surface area contributed by atoms with Crippen molar-refractivity contribution in [2.45, 2.75) is 6.92 Å². The molecule has 3 nitrogen and oxygen atoms in total. The van der Waals surface area contributed by atoms with Gasteiger partial charge in [-0.3, -0.25) is 9.78 Å². The lowest BCUT2D eigenvalue weighted by atomic mass is 10.1. The molecule has 0 saturated heterocycles. The summed E-state index contributed by atoms with van der Waals surface area (Å²) in [5.74, 6) is -0.597. The lowest BCUT2D eigenvalue weighted by molar-refractivity contribution is 0.0995. The van der Waals surface area contributed by atoms with Crippen molar-refractivity contribution in [1.29, 1.82) is 0 Å². The van der Waals surface area contributed by atoms with Crippen LogP contribution in [0.4, 0.5) is 0 Å². The fourth-order valence-corrected chi connectivity index (χ4v) is 1.34. The minimum atomic E-state index is -0.597. The Kier molecular flexibility index (Phi) is 2.68. The topological polar surface area (TPSA) is 56.0 Å². The second-order valence-electron chi connectivity index (χ2n) is 2.66. The van der Waals surface area contributed by atoms with Gasteiger partial charge in [-0.15, -0.1) is 0 Å². The third kappa shape index (κ3) is 1.87. The number of primary amides is 1. The van der Waals surface area contributed by atoms with Gasteiger partial charge in [0.05, 0.1) is 5.02 Å². The maximum atomic E-state index is 10.9. The van der Waals surface area contributed by atoms with Crippen molar-refractivity contribution in [2.75, 3.05) is 0 Å². The molecule has 1 heterocycles. The Morgan fingerprint density at radius 2 is 2.31 bits per heavy atom. The van der Waals surface area contributed by atoms with E-state index < -0.39 is 5.91 Å². The zero-order valence-corrected chi connectivity index (χ0v) is 7.93. The molecule has 0 spiro atoms. The average molecular weight is 197 g/mol. The number of hydrogen-bond donors (Lipinski definition) is 1. The highest BCUT2D eigenvalue weighted by Crippen LogP contribution is 2.24. The largest absolute Gasteiger partial charge is 0.364 e. The van der Waals surface area contributed by atoms with E-state index in [-0.39, 0.29) is 5.69 Å². The van der Waals surface area contributed by atoms with Crippen LogP contribution in [0.25, 0.3) is 5.57 Å². The van der Waals surface area contributed by atoms with Crippen LogP contribution in [0.15, 0.2) is 18.8 Å². The van der Waals surface area contributed by atoms with Crippen LogP contribution >= 0.6 is 11.6 Å². The minimum Gasteiger partial charge on any atom is -0.364 e. The van der Waals surface area contributed by atoms with Crippen molar-refractivity contribution in [3.8, 4) is 0 Å². The van der Waals surface area contributed by atoms with Gasteiger partial charge in [0.15, 0.2) is 0 Å². The summed E-state index contributed by atoms with van der Waals surface area (Å²) in [4.78, 5) is 14.8. The number of nitrogens with two attached hydrogens (primary N) is 1. The fraction of sp³-hybridized carbons (Fsp3) is 0.111. The zero-order chi connectivity index (χ0) is 10.0. The molecule has 0 aliphatic heterocycles. The van der Waals surface area contributed by atoms with E-state index in [0.29, 0.717) is 16.2 Å². The Balaban J connectivity index is 3.43. The summed E-state index contributed by atoms with van der Waals surface area (Å²) in [6.45, 7) is 5.44. The predicted molar refractivity (Wildman–Crippen MR) is 52.5 cm³/mol. The second kappa shape index (κ2) is 3.58. The summed E-state index contributed by atoms with van der Waals surface area (Å²) in [5.41, 5.74) is 6.48. The number of hydrogen-bond acceptors (Lipinski definition) is 2. The van der Waals surface area contributed by atoms with Gasteiger partial charge < -0.3 is 5.73 Å². The SMILES string of the molecule is C=C(C)c1c(Cl)ccnc1C(N)=O. The van der Waals surface area contributed by atoms with Crippen LogP contribution in [0.2, 0.25) is 5.02 Å². The minimum absolute atomic E-state index is 0.167. The summed E-state index contributed by atoms with van der Waals surface area (Å²) in [5, 5.41) is 0.441. The first kappa shape index (κ1) is 9.74. The first-order valence-corrected chi connectivity index (χ1v) is 4.02. The maximum absolute atomic E-state index is 10.9. The maximum Gasteiger partial charge on any atom is 0.267 e. The molecule has 0 aliphatic carbocycles. The van der Waals surface area contributed by atoms with Gasteiger partial charge in [-0.25, -0.2) is 0 Å². The van der Waals surface area contributed by atoms with Crippen molar-refractivity contribution in [2.24, 2.45) is 5.73 Å². The van der Waals surface area contributed by atoms with E-state index in [2.05, 4.69) is 11.6 Å². The molecular formula is C9H9ClN2O. The molecule has 1 aromatic rings. The molecule has 68 valence electrons. The summed E-state index contributed by atoms with van der Waals surface area (Å²) >= 11 is 5.86. The molecule has 1 aromatic heterocycles. The normalized spacial score (nSPS) is 9.69. The number of halogens is 1. The van der Waals surface area contributed by atoms with Gasteiger partial charge in [-0.2, -0.15) is 0 Å². The number of pyridine rings is 1. The van der Waals surface area contributed by atoms with Crippen LogP contribution in [-0.4, -0.2) is 10.9 Å².